The number of rotatable bonds is 4. The first-order chi connectivity index (χ1) is 6.97. The van der Waals surface area contributed by atoms with E-state index < -0.39 is 10.0 Å². The smallest absolute Gasteiger partial charge is 0.242 e. The summed E-state index contributed by atoms with van der Waals surface area (Å²) in [7, 11) is -3.74. The lowest BCUT2D eigenvalue weighted by atomic mass is 10.3. The summed E-state index contributed by atoms with van der Waals surface area (Å²) in [5, 5.41) is 8.56. The summed E-state index contributed by atoms with van der Waals surface area (Å²) in [4.78, 5) is -0.148. The van der Waals surface area contributed by atoms with Crippen LogP contribution >= 0.6 is 11.6 Å². The van der Waals surface area contributed by atoms with E-state index in [0.29, 0.717) is 0 Å². The van der Waals surface area contributed by atoms with Crippen molar-refractivity contribution in [2.45, 2.75) is 4.90 Å². The van der Waals surface area contributed by atoms with E-state index in [1.165, 1.54) is 12.1 Å². The topological polar surface area (TPSA) is 90.2 Å². The summed E-state index contributed by atoms with van der Waals surface area (Å²) >= 11 is 5.69. The Kier molecular flexibility index (Phi) is 3.92. The summed E-state index contributed by atoms with van der Waals surface area (Å²) in [5.41, 5.74) is 7.35. The van der Waals surface area contributed by atoms with Crippen LogP contribution in [-0.4, -0.2) is 26.7 Å². The van der Waals surface area contributed by atoms with Gasteiger partial charge < -0.3 is 10.8 Å². The number of hydrogen-bond acceptors (Lipinski definition) is 3. The van der Waals surface area contributed by atoms with Gasteiger partial charge in [0.1, 0.15) is 4.90 Å². The highest BCUT2D eigenvalue weighted by atomic mass is 35.5. The Morgan fingerprint density at radius 3 is 2.73 bits per heavy atom. The van der Waals surface area contributed by atoms with Gasteiger partial charge in [0.05, 0.1) is 17.3 Å². The van der Waals surface area contributed by atoms with E-state index in [2.05, 4.69) is 4.72 Å². The van der Waals surface area contributed by atoms with E-state index in [1.54, 1.807) is 0 Å². The van der Waals surface area contributed by atoms with Gasteiger partial charge in [-0.2, -0.15) is 0 Å². The van der Waals surface area contributed by atoms with Gasteiger partial charge in [0.15, 0.2) is 0 Å². The van der Waals surface area contributed by atoms with Gasteiger partial charge in [0, 0.05) is 6.54 Å². The van der Waals surface area contributed by atoms with E-state index in [-0.39, 0.29) is 28.8 Å². The molecule has 1 radical (unpaired) electrons. The molecule has 0 aliphatic rings. The predicted molar refractivity (Wildman–Crippen MR) is 56.5 cm³/mol. The van der Waals surface area contributed by atoms with Crippen molar-refractivity contribution in [3.63, 3.8) is 0 Å². The highest BCUT2D eigenvalue weighted by molar-refractivity contribution is 7.89. The lowest BCUT2D eigenvalue weighted by Gasteiger charge is -2.07. The van der Waals surface area contributed by atoms with Crippen LogP contribution in [0, 0.1) is 0 Å². The zero-order chi connectivity index (χ0) is 11.5. The molecule has 0 atom stereocenters. The molecule has 1 rings (SSSR count). The number of halogens is 1. The number of benzene rings is 1. The molecule has 0 fully saturated rings. The zero-order valence-electron chi connectivity index (χ0n) is 7.70. The van der Waals surface area contributed by atoms with Gasteiger partial charge in [-0.3, -0.25) is 0 Å². The third-order valence-electron chi connectivity index (χ3n) is 1.62. The maximum Gasteiger partial charge on any atom is 0.242 e. The maximum atomic E-state index is 11.6. The Morgan fingerprint density at radius 1 is 1.47 bits per heavy atom. The summed E-state index contributed by atoms with van der Waals surface area (Å²) in [5.74, 6) is 0. The van der Waals surface area contributed by atoms with Gasteiger partial charge in [-0.25, -0.2) is 13.1 Å². The van der Waals surface area contributed by atoms with Crippen molar-refractivity contribution >= 4 is 27.3 Å². The molecule has 0 aromatic heterocycles. The van der Waals surface area contributed by atoms with Crippen LogP contribution in [0.25, 0.3) is 0 Å². The maximum absolute atomic E-state index is 11.6. The molecule has 7 heteroatoms. The first kappa shape index (κ1) is 12.3. The number of aliphatic hydroxyl groups is 1. The Hall–Kier alpha value is -0.820. The lowest BCUT2D eigenvalue weighted by molar-refractivity contribution is 0.301. The van der Waals surface area contributed by atoms with Crippen LogP contribution in [-0.2, 0) is 10.0 Å². The molecule has 0 bridgehead atoms. The number of hydrogen-bond donors (Lipinski definition) is 2. The van der Waals surface area contributed by atoms with Gasteiger partial charge >= 0.3 is 0 Å². The first-order valence-electron chi connectivity index (χ1n) is 4.09. The van der Waals surface area contributed by atoms with E-state index in [9.17, 15) is 8.42 Å². The molecule has 1 aromatic carbocycles. The molecule has 1 aromatic rings. The molecular weight excluding hydrogens is 240 g/mol. The average molecular weight is 250 g/mol. The summed E-state index contributed by atoms with van der Waals surface area (Å²) in [6.45, 7) is -0.377. The van der Waals surface area contributed by atoms with Gasteiger partial charge in [-0.05, 0) is 18.2 Å². The molecule has 0 heterocycles. The average Bonchev–Trinajstić information content (AvgIpc) is 2.18. The van der Waals surface area contributed by atoms with Gasteiger partial charge in [0.2, 0.25) is 10.0 Å². The van der Waals surface area contributed by atoms with Gasteiger partial charge in [-0.15, -0.1) is 0 Å². The van der Waals surface area contributed by atoms with Crippen LogP contribution in [0.1, 0.15) is 0 Å². The highest BCUT2D eigenvalue weighted by Crippen LogP contribution is 2.23. The lowest BCUT2D eigenvalue weighted by Crippen LogP contribution is -2.26. The highest BCUT2D eigenvalue weighted by Gasteiger charge is 2.17. The molecular formula is C8H10ClN2O3S. The second-order valence-corrected chi connectivity index (χ2v) is 4.91. The molecule has 15 heavy (non-hydrogen) atoms. The molecule has 5 nitrogen and oxygen atoms in total. The Morgan fingerprint density at radius 2 is 2.13 bits per heavy atom. The Bertz CT molecular complexity index is 447. The molecule has 0 unspecified atom stereocenters. The molecule has 0 spiro atoms. The van der Waals surface area contributed by atoms with Crippen molar-refractivity contribution in [2.24, 2.45) is 0 Å². The van der Waals surface area contributed by atoms with Crippen LogP contribution in [0.15, 0.2) is 23.1 Å². The second kappa shape index (κ2) is 4.80. The SMILES string of the molecule is [NH]c1ccc(Cl)c(S(=O)(=O)NCCO)c1. The van der Waals surface area contributed by atoms with Crippen LogP contribution < -0.4 is 10.5 Å². The van der Waals surface area contributed by atoms with Crippen LogP contribution in [0.4, 0.5) is 5.69 Å². The van der Waals surface area contributed by atoms with Gasteiger partial charge in [0.25, 0.3) is 0 Å². The summed E-state index contributed by atoms with van der Waals surface area (Å²) < 4.78 is 25.3. The predicted octanol–water partition coefficient (Wildman–Crippen LogP) is 0.525. The fraction of sp³-hybridized carbons (Fsp3) is 0.250. The molecule has 3 N–H and O–H groups in total. The molecule has 0 amide bonds. The fourth-order valence-corrected chi connectivity index (χ4v) is 2.51. The van der Waals surface area contributed by atoms with Crippen LogP contribution in [0.2, 0.25) is 5.02 Å². The Balaban J connectivity index is 3.09. The number of nitrogens with one attached hydrogen (secondary N) is 2. The van der Waals surface area contributed by atoms with Crippen LogP contribution in [0.5, 0.6) is 0 Å². The van der Waals surface area contributed by atoms with Crippen molar-refractivity contribution in [2.75, 3.05) is 13.2 Å². The molecule has 0 aliphatic heterocycles. The minimum Gasteiger partial charge on any atom is -0.395 e. The van der Waals surface area contributed by atoms with Crippen LogP contribution in [0.3, 0.4) is 0 Å². The largest absolute Gasteiger partial charge is 0.395 e. The Labute approximate surface area is 92.9 Å². The van der Waals surface area contributed by atoms with Gasteiger partial charge in [-0.1, -0.05) is 11.6 Å². The van der Waals surface area contributed by atoms with E-state index in [0.717, 1.165) is 6.07 Å². The first-order valence-corrected chi connectivity index (χ1v) is 5.95. The molecule has 0 saturated heterocycles. The summed E-state index contributed by atoms with van der Waals surface area (Å²) in [6.07, 6.45) is 0. The third kappa shape index (κ3) is 3.07. The standard InChI is InChI=1S/C8H10ClN2O3S/c9-7-2-1-6(10)5-8(7)15(13,14)11-3-4-12/h1-2,5,10-12H,3-4H2. The summed E-state index contributed by atoms with van der Waals surface area (Å²) in [6, 6.07) is 3.90. The molecule has 83 valence electrons. The van der Waals surface area contributed by atoms with Crippen molar-refractivity contribution < 1.29 is 13.5 Å². The zero-order valence-corrected chi connectivity index (χ0v) is 9.27. The van der Waals surface area contributed by atoms with E-state index >= 15 is 0 Å². The van der Waals surface area contributed by atoms with Crippen molar-refractivity contribution in [1.29, 1.82) is 0 Å². The number of aliphatic hydroxyl groups excluding tert-OH is 1. The van der Waals surface area contributed by atoms with Crippen molar-refractivity contribution in [1.82, 2.24) is 10.5 Å². The normalized spacial score (nSPS) is 11.6. The van der Waals surface area contributed by atoms with Crippen molar-refractivity contribution in [3.05, 3.63) is 23.2 Å². The molecule has 0 aliphatic carbocycles. The van der Waals surface area contributed by atoms with Crippen molar-refractivity contribution in [3.8, 4) is 0 Å². The minimum absolute atomic E-state index is 0.0523. The third-order valence-corrected chi connectivity index (χ3v) is 3.57. The minimum atomic E-state index is -3.74. The fourth-order valence-electron chi connectivity index (χ4n) is 0.967. The second-order valence-electron chi connectivity index (χ2n) is 2.77. The van der Waals surface area contributed by atoms with E-state index in [1.807, 2.05) is 0 Å². The quantitative estimate of drug-likeness (QED) is 0.815. The van der Waals surface area contributed by atoms with E-state index in [4.69, 9.17) is 22.4 Å². The monoisotopic (exact) mass is 249 g/mol. The molecule has 0 saturated carbocycles. The number of sulfonamides is 1.